The number of methoxy groups -OCH3 is 1. The molecular formula is C19H15BrN4O2. The van der Waals surface area contributed by atoms with Crippen molar-refractivity contribution in [3.63, 3.8) is 0 Å². The number of allylic oxidation sites excluding steroid dienone is 1. The van der Waals surface area contributed by atoms with Crippen molar-refractivity contribution in [2.75, 3.05) is 13.7 Å². The van der Waals surface area contributed by atoms with Gasteiger partial charge in [-0.25, -0.2) is 9.97 Å². The Morgan fingerprint density at radius 3 is 2.96 bits per heavy atom. The minimum absolute atomic E-state index is 0.385. The van der Waals surface area contributed by atoms with Gasteiger partial charge in [-0.05, 0) is 45.8 Å². The normalized spacial score (nSPS) is 11.2. The zero-order valence-corrected chi connectivity index (χ0v) is 15.6. The smallest absolute Gasteiger partial charge is 0.178 e. The van der Waals surface area contributed by atoms with Gasteiger partial charge in [-0.3, -0.25) is 0 Å². The molecule has 0 spiro atoms. The molecule has 0 saturated heterocycles. The van der Waals surface area contributed by atoms with E-state index >= 15 is 0 Å². The lowest BCUT2D eigenvalue weighted by atomic mass is 10.1. The van der Waals surface area contributed by atoms with Crippen molar-refractivity contribution in [1.29, 1.82) is 5.26 Å². The summed E-state index contributed by atoms with van der Waals surface area (Å²) in [4.78, 5) is 11.7. The first kappa shape index (κ1) is 17.7. The Bertz CT molecular complexity index is 1030. The number of hydrogen-bond donors (Lipinski definition) is 1. The molecule has 0 amide bonds. The summed E-state index contributed by atoms with van der Waals surface area (Å²) in [5.41, 5.74) is 2.48. The molecule has 0 atom stereocenters. The van der Waals surface area contributed by atoms with E-state index in [-0.39, 0.29) is 0 Å². The predicted molar refractivity (Wildman–Crippen MR) is 104 cm³/mol. The number of H-pyrrole nitrogens is 1. The summed E-state index contributed by atoms with van der Waals surface area (Å²) in [5, 5.41) is 9.54. The molecule has 130 valence electrons. The third kappa shape index (κ3) is 3.76. The SMILES string of the molecule is C=CCOc1ccc(C=C(C#N)c2nc3ncc(Br)cc3[nH]2)cc1OC. The number of ether oxygens (including phenoxy) is 2. The number of nitrogens with one attached hydrogen (secondary N) is 1. The number of benzene rings is 1. The van der Waals surface area contributed by atoms with Crippen molar-refractivity contribution in [3.05, 3.63) is 59.0 Å². The molecule has 0 saturated carbocycles. The summed E-state index contributed by atoms with van der Waals surface area (Å²) in [5.74, 6) is 1.65. The molecule has 0 bridgehead atoms. The Morgan fingerprint density at radius 1 is 1.38 bits per heavy atom. The summed E-state index contributed by atoms with van der Waals surface area (Å²) < 4.78 is 11.7. The molecule has 0 unspecified atom stereocenters. The molecule has 1 N–H and O–H groups in total. The molecule has 0 aliphatic carbocycles. The van der Waals surface area contributed by atoms with Gasteiger partial charge in [0.15, 0.2) is 23.0 Å². The topological polar surface area (TPSA) is 83.8 Å². The highest BCUT2D eigenvalue weighted by molar-refractivity contribution is 9.10. The van der Waals surface area contributed by atoms with E-state index < -0.39 is 0 Å². The van der Waals surface area contributed by atoms with Crippen molar-refractivity contribution in [2.45, 2.75) is 0 Å². The second kappa shape index (κ2) is 7.85. The second-order valence-corrected chi connectivity index (χ2v) is 6.21. The monoisotopic (exact) mass is 410 g/mol. The van der Waals surface area contributed by atoms with E-state index in [1.165, 1.54) is 0 Å². The summed E-state index contributed by atoms with van der Waals surface area (Å²) in [6, 6.07) is 9.47. The number of fused-ring (bicyclic) bond motifs is 1. The number of imidazole rings is 1. The van der Waals surface area contributed by atoms with Crippen LogP contribution in [0.2, 0.25) is 0 Å². The summed E-state index contributed by atoms with van der Waals surface area (Å²) in [6.45, 7) is 4.01. The van der Waals surface area contributed by atoms with Crippen LogP contribution in [0.3, 0.4) is 0 Å². The molecule has 0 aliphatic heterocycles. The zero-order valence-electron chi connectivity index (χ0n) is 14.0. The van der Waals surface area contributed by atoms with Crippen LogP contribution in [0, 0.1) is 11.3 Å². The molecule has 6 nitrogen and oxygen atoms in total. The van der Waals surface area contributed by atoms with Crippen LogP contribution in [-0.4, -0.2) is 28.7 Å². The fraction of sp³-hybridized carbons (Fsp3) is 0.105. The summed E-state index contributed by atoms with van der Waals surface area (Å²) >= 11 is 3.37. The number of nitriles is 1. The van der Waals surface area contributed by atoms with Crippen LogP contribution in [0.15, 0.2) is 47.6 Å². The molecule has 3 rings (SSSR count). The number of aromatic amines is 1. The van der Waals surface area contributed by atoms with Crippen molar-refractivity contribution in [1.82, 2.24) is 15.0 Å². The van der Waals surface area contributed by atoms with Crippen molar-refractivity contribution in [3.8, 4) is 17.6 Å². The number of halogens is 1. The fourth-order valence-electron chi connectivity index (χ4n) is 2.36. The van der Waals surface area contributed by atoms with Gasteiger partial charge in [-0.15, -0.1) is 0 Å². The van der Waals surface area contributed by atoms with Gasteiger partial charge in [0.05, 0.1) is 18.2 Å². The summed E-state index contributed by atoms with van der Waals surface area (Å²) in [6.07, 6.45) is 5.05. The van der Waals surface area contributed by atoms with E-state index in [9.17, 15) is 5.26 Å². The van der Waals surface area contributed by atoms with Crippen molar-refractivity contribution < 1.29 is 9.47 Å². The van der Waals surface area contributed by atoms with E-state index in [0.29, 0.717) is 35.2 Å². The highest BCUT2D eigenvalue weighted by Gasteiger charge is 2.10. The van der Waals surface area contributed by atoms with E-state index in [4.69, 9.17) is 9.47 Å². The van der Waals surface area contributed by atoms with E-state index in [1.807, 2.05) is 12.1 Å². The van der Waals surface area contributed by atoms with Crippen LogP contribution in [0.4, 0.5) is 0 Å². The maximum absolute atomic E-state index is 9.54. The third-order valence-electron chi connectivity index (χ3n) is 3.54. The molecule has 3 aromatic rings. The zero-order chi connectivity index (χ0) is 18.5. The van der Waals surface area contributed by atoms with Gasteiger partial charge in [0, 0.05) is 10.7 Å². The van der Waals surface area contributed by atoms with Gasteiger partial charge in [0.2, 0.25) is 0 Å². The van der Waals surface area contributed by atoms with Gasteiger partial charge >= 0.3 is 0 Å². The Hall–Kier alpha value is -3.11. The Kier molecular flexibility index (Phi) is 5.34. The minimum Gasteiger partial charge on any atom is -0.493 e. The van der Waals surface area contributed by atoms with Crippen LogP contribution in [-0.2, 0) is 0 Å². The number of rotatable bonds is 6. The third-order valence-corrected chi connectivity index (χ3v) is 3.97. The van der Waals surface area contributed by atoms with Crippen LogP contribution in [0.5, 0.6) is 11.5 Å². The fourth-order valence-corrected chi connectivity index (χ4v) is 2.70. The van der Waals surface area contributed by atoms with Gasteiger partial charge in [0.1, 0.15) is 12.7 Å². The van der Waals surface area contributed by atoms with Crippen molar-refractivity contribution in [2.24, 2.45) is 0 Å². The van der Waals surface area contributed by atoms with Gasteiger partial charge < -0.3 is 14.5 Å². The molecule has 0 radical (unpaired) electrons. The number of nitrogens with zero attached hydrogens (tertiary/aromatic N) is 3. The minimum atomic E-state index is 0.385. The lowest BCUT2D eigenvalue weighted by Crippen LogP contribution is -1.96. The Morgan fingerprint density at radius 2 is 2.23 bits per heavy atom. The Labute approximate surface area is 158 Å². The lowest BCUT2D eigenvalue weighted by molar-refractivity contribution is 0.326. The molecule has 0 aliphatic rings. The molecule has 0 fully saturated rings. The standard InChI is InChI=1S/C19H15BrN4O2/c1-3-6-26-16-5-4-12(8-17(16)25-2)7-13(10-21)18-23-15-9-14(20)11-22-19(15)24-18/h3-5,7-9,11H,1,6H2,2H3,(H,22,23,24). The summed E-state index contributed by atoms with van der Waals surface area (Å²) in [7, 11) is 1.57. The van der Waals surface area contributed by atoms with E-state index in [1.54, 1.807) is 37.6 Å². The van der Waals surface area contributed by atoms with Crippen LogP contribution in [0.25, 0.3) is 22.8 Å². The molecule has 2 aromatic heterocycles. The van der Waals surface area contributed by atoms with Crippen LogP contribution >= 0.6 is 15.9 Å². The van der Waals surface area contributed by atoms with Crippen LogP contribution < -0.4 is 9.47 Å². The lowest BCUT2D eigenvalue weighted by Gasteiger charge is -2.09. The maximum atomic E-state index is 9.54. The second-order valence-electron chi connectivity index (χ2n) is 5.29. The highest BCUT2D eigenvalue weighted by atomic mass is 79.9. The first-order valence-electron chi connectivity index (χ1n) is 7.69. The molecule has 2 heterocycles. The predicted octanol–water partition coefficient (Wildman–Crippen LogP) is 4.36. The van der Waals surface area contributed by atoms with E-state index in [2.05, 4.69) is 43.5 Å². The average molecular weight is 411 g/mol. The van der Waals surface area contributed by atoms with Crippen molar-refractivity contribution >= 4 is 38.7 Å². The molecule has 1 aromatic carbocycles. The molecular weight excluding hydrogens is 396 g/mol. The molecule has 26 heavy (non-hydrogen) atoms. The first-order chi connectivity index (χ1) is 12.6. The van der Waals surface area contributed by atoms with E-state index in [0.717, 1.165) is 15.6 Å². The average Bonchev–Trinajstić information content (AvgIpc) is 3.07. The molecule has 7 heteroatoms. The quantitative estimate of drug-likeness (QED) is 0.482. The number of hydrogen-bond acceptors (Lipinski definition) is 5. The van der Waals surface area contributed by atoms with Gasteiger partial charge in [0.25, 0.3) is 0 Å². The van der Waals surface area contributed by atoms with Crippen LogP contribution in [0.1, 0.15) is 11.4 Å². The van der Waals surface area contributed by atoms with Gasteiger partial charge in [-0.2, -0.15) is 5.26 Å². The highest BCUT2D eigenvalue weighted by Crippen LogP contribution is 2.30. The largest absolute Gasteiger partial charge is 0.493 e. The number of pyridine rings is 1. The number of aromatic nitrogens is 3. The maximum Gasteiger partial charge on any atom is 0.178 e. The Balaban J connectivity index is 1.97. The van der Waals surface area contributed by atoms with Gasteiger partial charge in [-0.1, -0.05) is 18.7 Å². The first-order valence-corrected chi connectivity index (χ1v) is 8.49.